The van der Waals surface area contributed by atoms with Crippen molar-refractivity contribution in [2.45, 2.75) is 52.1 Å². The number of amides is 1. The fraction of sp³-hybridized carbons (Fsp3) is 0.588. The zero-order valence-electron chi connectivity index (χ0n) is 13.6. The molecule has 2 atom stereocenters. The summed E-state index contributed by atoms with van der Waals surface area (Å²) in [5, 5.41) is 0. The maximum atomic E-state index is 12.9. The van der Waals surface area contributed by atoms with E-state index in [9.17, 15) is 4.79 Å². The van der Waals surface area contributed by atoms with E-state index >= 15 is 0 Å². The lowest BCUT2D eigenvalue weighted by atomic mass is 10.1. The van der Waals surface area contributed by atoms with Crippen LogP contribution in [0.2, 0.25) is 0 Å². The van der Waals surface area contributed by atoms with Crippen molar-refractivity contribution in [1.29, 1.82) is 0 Å². The Bertz CT molecular complexity index is 502. The third-order valence-corrected chi connectivity index (χ3v) is 4.49. The molecule has 1 heterocycles. The largest absolute Gasteiger partial charge is 0.496 e. The molecule has 0 bridgehead atoms. The Hall–Kier alpha value is -1.71. The van der Waals surface area contributed by atoms with Crippen molar-refractivity contribution in [2.75, 3.05) is 14.2 Å². The van der Waals surface area contributed by atoms with Gasteiger partial charge in [-0.15, -0.1) is 0 Å². The number of ether oxygens (including phenoxy) is 2. The molecule has 4 heteroatoms. The molecule has 0 saturated carbocycles. The van der Waals surface area contributed by atoms with Gasteiger partial charge in [0.15, 0.2) is 0 Å². The van der Waals surface area contributed by atoms with Crippen molar-refractivity contribution >= 4 is 5.91 Å². The summed E-state index contributed by atoms with van der Waals surface area (Å²) in [4.78, 5) is 14.9. The van der Waals surface area contributed by atoms with E-state index in [1.165, 1.54) is 0 Å². The molecular weight excluding hydrogens is 266 g/mol. The quantitative estimate of drug-likeness (QED) is 0.853. The molecule has 0 spiro atoms. The Morgan fingerprint density at radius 2 is 1.81 bits per heavy atom. The minimum absolute atomic E-state index is 0.0726. The average molecular weight is 291 g/mol. The maximum Gasteiger partial charge on any atom is 0.254 e. The van der Waals surface area contributed by atoms with Crippen molar-refractivity contribution in [1.82, 2.24) is 4.90 Å². The van der Waals surface area contributed by atoms with Crippen LogP contribution in [0.25, 0.3) is 0 Å². The number of nitrogens with zero attached hydrogens (tertiary/aromatic N) is 1. The van der Waals surface area contributed by atoms with Crippen LogP contribution < -0.4 is 9.47 Å². The topological polar surface area (TPSA) is 38.8 Å². The standard InChI is InChI=1S/C17H25NO3/c1-6-14-8-7-11(2)18(14)17(19)13-9-15(20-4)12(3)16(10-13)21-5/h9-11,14H,6-8H2,1-5H3/t11-,14+/m0/s1. The lowest BCUT2D eigenvalue weighted by molar-refractivity contribution is 0.0675. The molecule has 21 heavy (non-hydrogen) atoms. The highest BCUT2D eigenvalue weighted by Crippen LogP contribution is 2.33. The molecule has 1 amide bonds. The first kappa shape index (κ1) is 15.7. The highest BCUT2D eigenvalue weighted by molar-refractivity contribution is 5.96. The minimum atomic E-state index is 0.0726. The molecule has 0 radical (unpaired) electrons. The first-order chi connectivity index (χ1) is 10.0. The van der Waals surface area contributed by atoms with E-state index in [2.05, 4.69) is 13.8 Å². The summed E-state index contributed by atoms with van der Waals surface area (Å²) in [5.41, 5.74) is 1.56. The minimum Gasteiger partial charge on any atom is -0.496 e. The molecule has 1 fully saturated rings. The van der Waals surface area contributed by atoms with Gasteiger partial charge in [-0.1, -0.05) is 6.92 Å². The van der Waals surface area contributed by atoms with Crippen LogP contribution in [0.1, 0.15) is 49.0 Å². The number of likely N-dealkylation sites (tertiary alicyclic amines) is 1. The van der Waals surface area contributed by atoms with E-state index in [-0.39, 0.29) is 5.91 Å². The molecule has 1 aromatic rings. The van der Waals surface area contributed by atoms with Crippen molar-refractivity contribution < 1.29 is 14.3 Å². The summed E-state index contributed by atoms with van der Waals surface area (Å²) >= 11 is 0. The molecule has 1 aromatic carbocycles. The van der Waals surface area contributed by atoms with Crippen LogP contribution in [0.3, 0.4) is 0 Å². The predicted octanol–water partition coefficient (Wildman–Crippen LogP) is 3.42. The second-order valence-electron chi connectivity index (χ2n) is 5.71. The molecule has 2 rings (SSSR count). The van der Waals surface area contributed by atoms with Crippen LogP contribution in [-0.4, -0.2) is 37.1 Å². The van der Waals surface area contributed by atoms with Gasteiger partial charge in [-0.25, -0.2) is 0 Å². The molecule has 4 nitrogen and oxygen atoms in total. The van der Waals surface area contributed by atoms with Crippen molar-refractivity contribution in [3.63, 3.8) is 0 Å². The smallest absolute Gasteiger partial charge is 0.254 e. The molecule has 0 N–H and O–H groups in total. The van der Waals surface area contributed by atoms with E-state index in [1.54, 1.807) is 14.2 Å². The molecule has 116 valence electrons. The molecule has 1 saturated heterocycles. The Labute approximate surface area is 127 Å². The molecule has 1 aliphatic heterocycles. The van der Waals surface area contributed by atoms with Crippen LogP contribution in [-0.2, 0) is 0 Å². The van der Waals surface area contributed by atoms with Crippen LogP contribution >= 0.6 is 0 Å². The summed E-state index contributed by atoms with van der Waals surface area (Å²) in [6.45, 7) is 6.19. The summed E-state index contributed by atoms with van der Waals surface area (Å²) in [6.07, 6.45) is 3.16. The van der Waals surface area contributed by atoms with Crippen LogP contribution in [0.15, 0.2) is 12.1 Å². The van der Waals surface area contributed by atoms with E-state index in [0.29, 0.717) is 29.1 Å². The number of methoxy groups -OCH3 is 2. The van der Waals surface area contributed by atoms with E-state index < -0.39 is 0 Å². The number of carbonyl (C=O) groups excluding carboxylic acids is 1. The fourth-order valence-corrected chi connectivity index (χ4v) is 3.20. The number of hydrogen-bond acceptors (Lipinski definition) is 3. The molecule has 0 aromatic heterocycles. The van der Waals surface area contributed by atoms with Crippen molar-refractivity contribution in [3.8, 4) is 11.5 Å². The van der Waals surface area contributed by atoms with Gasteiger partial charge in [0.1, 0.15) is 11.5 Å². The third-order valence-electron chi connectivity index (χ3n) is 4.49. The number of benzene rings is 1. The van der Waals surface area contributed by atoms with Crippen molar-refractivity contribution in [2.24, 2.45) is 0 Å². The zero-order valence-corrected chi connectivity index (χ0v) is 13.6. The van der Waals surface area contributed by atoms with Gasteiger partial charge in [0.2, 0.25) is 0 Å². The van der Waals surface area contributed by atoms with Gasteiger partial charge in [0, 0.05) is 23.2 Å². The SMILES string of the molecule is CC[C@@H]1CC[C@H](C)N1C(=O)c1cc(OC)c(C)c(OC)c1. The van der Waals surface area contributed by atoms with Gasteiger partial charge >= 0.3 is 0 Å². The first-order valence-electron chi connectivity index (χ1n) is 7.58. The number of carbonyl (C=O) groups is 1. The Kier molecular flexibility index (Phi) is 4.76. The van der Waals surface area contributed by atoms with Gasteiger partial charge < -0.3 is 14.4 Å². The van der Waals surface area contributed by atoms with E-state index in [0.717, 1.165) is 24.8 Å². The van der Waals surface area contributed by atoms with Crippen LogP contribution in [0.4, 0.5) is 0 Å². The number of rotatable bonds is 4. The maximum absolute atomic E-state index is 12.9. The Morgan fingerprint density at radius 1 is 1.24 bits per heavy atom. The first-order valence-corrected chi connectivity index (χ1v) is 7.58. The van der Waals surface area contributed by atoms with E-state index in [4.69, 9.17) is 9.47 Å². The van der Waals surface area contributed by atoms with Gasteiger partial charge in [-0.05, 0) is 45.2 Å². The van der Waals surface area contributed by atoms with Gasteiger partial charge in [-0.3, -0.25) is 4.79 Å². The lowest BCUT2D eigenvalue weighted by Gasteiger charge is -2.28. The Morgan fingerprint density at radius 3 is 2.29 bits per heavy atom. The highest BCUT2D eigenvalue weighted by Gasteiger charge is 2.34. The zero-order chi connectivity index (χ0) is 15.6. The summed E-state index contributed by atoms with van der Waals surface area (Å²) in [5.74, 6) is 1.46. The molecular formula is C17H25NO3. The summed E-state index contributed by atoms with van der Waals surface area (Å²) in [7, 11) is 3.23. The average Bonchev–Trinajstić information content (AvgIpc) is 2.87. The second kappa shape index (κ2) is 6.37. The third kappa shape index (κ3) is 2.85. The second-order valence-corrected chi connectivity index (χ2v) is 5.71. The fourth-order valence-electron chi connectivity index (χ4n) is 3.20. The predicted molar refractivity (Wildman–Crippen MR) is 83.2 cm³/mol. The van der Waals surface area contributed by atoms with E-state index in [1.807, 2.05) is 24.0 Å². The van der Waals surface area contributed by atoms with Crippen LogP contribution in [0.5, 0.6) is 11.5 Å². The Balaban J connectivity index is 2.39. The summed E-state index contributed by atoms with van der Waals surface area (Å²) in [6, 6.07) is 4.27. The number of hydrogen-bond donors (Lipinski definition) is 0. The van der Waals surface area contributed by atoms with Gasteiger partial charge in [0.25, 0.3) is 5.91 Å². The van der Waals surface area contributed by atoms with Gasteiger partial charge in [0.05, 0.1) is 14.2 Å². The van der Waals surface area contributed by atoms with Crippen molar-refractivity contribution in [3.05, 3.63) is 23.3 Å². The monoisotopic (exact) mass is 291 g/mol. The van der Waals surface area contributed by atoms with Gasteiger partial charge in [-0.2, -0.15) is 0 Å². The highest BCUT2D eigenvalue weighted by atomic mass is 16.5. The molecule has 1 aliphatic rings. The van der Waals surface area contributed by atoms with Crippen LogP contribution in [0, 0.1) is 6.92 Å². The summed E-state index contributed by atoms with van der Waals surface area (Å²) < 4.78 is 10.7. The molecule has 0 unspecified atom stereocenters. The normalized spacial score (nSPS) is 21.5. The molecule has 0 aliphatic carbocycles. The lowest BCUT2D eigenvalue weighted by Crippen LogP contribution is -2.39.